The van der Waals surface area contributed by atoms with E-state index in [-0.39, 0.29) is 5.92 Å². The normalized spacial score (nSPS) is 12.6. The SMILES string of the molecule is Cc1cc(C)n2nc(C)c(C(=O)NC(C(=O)O)C(C)C)c2n1. The van der Waals surface area contributed by atoms with E-state index < -0.39 is 17.9 Å². The van der Waals surface area contributed by atoms with Gasteiger partial charge in [-0.2, -0.15) is 5.10 Å². The van der Waals surface area contributed by atoms with Crippen molar-refractivity contribution in [3.8, 4) is 0 Å². The summed E-state index contributed by atoms with van der Waals surface area (Å²) in [5.41, 5.74) is 2.92. The summed E-state index contributed by atoms with van der Waals surface area (Å²) in [7, 11) is 0. The molecule has 2 N–H and O–H groups in total. The Morgan fingerprint density at radius 3 is 2.45 bits per heavy atom. The van der Waals surface area contributed by atoms with Crippen LogP contribution < -0.4 is 5.32 Å². The average Bonchev–Trinajstić information content (AvgIpc) is 2.71. The van der Waals surface area contributed by atoms with Gasteiger partial charge in [-0.1, -0.05) is 13.8 Å². The Hall–Kier alpha value is -2.44. The number of carboxylic acid groups (broad SMARTS) is 1. The quantitative estimate of drug-likeness (QED) is 0.892. The topological polar surface area (TPSA) is 96.6 Å². The second-order valence-corrected chi connectivity index (χ2v) is 5.77. The van der Waals surface area contributed by atoms with Crippen LogP contribution in [-0.4, -0.2) is 37.6 Å². The smallest absolute Gasteiger partial charge is 0.326 e. The summed E-state index contributed by atoms with van der Waals surface area (Å²) < 4.78 is 1.60. The molecular formula is C15H20N4O3. The van der Waals surface area contributed by atoms with Crippen molar-refractivity contribution in [2.45, 2.75) is 40.7 Å². The number of carboxylic acids is 1. The van der Waals surface area contributed by atoms with Crippen LogP contribution >= 0.6 is 0 Å². The molecule has 2 aromatic rings. The fourth-order valence-corrected chi connectivity index (χ4v) is 2.42. The molecule has 0 spiro atoms. The number of nitrogens with zero attached hydrogens (tertiary/aromatic N) is 3. The van der Waals surface area contributed by atoms with E-state index in [4.69, 9.17) is 0 Å². The third kappa shape index (κ3) is 2.79. The molecular weight excluding hydrogens is 284 g/mol. The molecule has 2 aromatic heterocycles. The van der Waals surface area contributed by atoms with Crippen molar-refractivity contribution in [2.24, 2.45) is 5.92 Å². The van der Waals surface area contributed by atoms with Gasteiger partial charge in [0.2, 0.25) is 0 Å². The summed E-state index contributed by atoms with van der Waals surface area (Å²) in [6.07, 6.45) is 0. The lowest BCUT2D eigenvalue weighted by Gasteiger charge is -2.17. The molecule has 0 aliphatic rings. The van der Waals surface area contributed by atoms with Crippen molar-refractivity contribution in [2.75, 3.05) is 0 Å². The van der Waals surface area contributed by atoms with Gasteiger partial charge >= 0.3 is 5.97 Å². The summed E-state index contributed by atoms with van der Waals surface area (Å²) in [6.45, 7) is 8.92. The fourth-order valence-electron chi connectivity index (χ4n) is 2.42. The third-order valence-electron chi connectivity index (χ3n) is 3.52. The molecule has 1 unspecified atom stereocenters. The van der Waals surface area contributed by atoms with Gasteiger partial charge in [-0.05, 0) is 32.8 Å². The van der Waals surface area contributed by atoms with Gasteiger partial charge in [0.1, 0.15) is 11.6 Å². The van der Waals surface area contributed by atoms with Crippen LogP contribution in [0.5, 0.6) is 0 Å². The number of rotatable bonds is 4. The predicted octanol–water partition coefficient (Wildman–Crippen LogP) is 1.49. The summed E-state index contributed by atoms with van der Waals surface area (Å²) in [6, 6.07) is 0.919. The van der Waals surface area contributed by atoms with E-state index >= 15 is 0 Å². The first-order valence-corrected chi connectivity index (χ1v) is 7.09. The largest absolute Gasteiger partial charge is 0.480 e. The molecule has 2 heterocycles. The minimum Gasteiger partial charge on any atom is -0.480 e. The zero-order valence-electron chi connectivity index (χ0n) is 13.3. The number of amides is 1. The molecule has 0 saturated heterocycles. The van der Waals surface area contributed by atoms with Crippen molar-refractivity contribution < 1.29 is 14.7 Å². The highest BCUT2D eigenvalue weighted by Gasteiger charge is 2.27. The molecule has 0 aromatic carbocycles. The lowest BCUT2D eigenvalue weighted by atomic mass is 10.0. The maximum atomic E-state index is 12.5. The molecule has 118 valence electrons. The molecule has 7 nitrogen and oxygen atoms in total. The van der Waals surface area contributed by atoms with Gasteiger partial charge in [-0.3, -0.25) is 4.79 Å². The number of aliphatic carboxylic acids is 1. The van der Waals surface area contributed by atoms with Crippen LogP contribution in [0.1, 0.15) is 41.3 Å². The van der Waals surface area contributed by atoms with Crippen LogP contribution in [0.2, 0.25) is 0 Å². The molecule has 2 rings (SSSR count). The van der Waals surface area contributed by atoms with Crippen molar-refractivity contribution in [1.82, 2.24) is 19.9 Å². The second kappa shape index (κ2) is 5.75. The van der Waals surface area contributed by atoms with Gasteiger partial charge in [0.05, 0.1) is 5.69 Å². The van der Waals surface area contributed by atoms with E-state index in [0.29, 0.717) is 16.9 Å². The van der Waals surface area contributed by atoms with E-state index in [1.165, 1.54) is 0 Å². The van der Waals surface area contributed by atoms with Crippen LogP contribution in [0.25, 0.3) is 5.65 Å². The van der Waals surface area contributed by atoms with E-state index in [2.05, 4.69) is 15.4 Å². The van der Waals surface area contributed by atoms with Crippen molar-refractivity contribution in [1.29, 1.82) is 0 Å². The van der Waals surface area contributed by atoms with Gasteiger partial charge < -0.3 is 10.4 Å². The minimum absolute atomic E-state index is 0.222. The molecule has 0 aliphatic heterocycles. The minimum atomic E-state index is -1.06. The number of hydrogen-bond acceptors (Lipinski definition) is 4. The van der Waals surface area contributed by atoms with E-state index in [0.717, 1.165) is 11.4 Å². The molecule has 1 amide bonds. The standard InChI is InChI=1S/C15H20N4O3/c1-7(2)12(15(21)22)17-14(20)11-10(5)18-19-9(4)6-8(3)16-13(11)19/h6-7,12H,1-5H3,(H,17,20)(H,21,22). The number of fused-ring (bicyclic) bond motifs is 1. The first kappa shape index (κ1) is 15.9. The Morgan fingerprint density at radius 1 is 1.27 bits per heavy atom. The average molecular weight is 304 g/mol. The lowest BCUT2D eigenvalue weighted by Crippen LogP contribution is -2.44. The van der Waals surface area contributed by atoms with Crippen molar-refractivity contribution in [3.63, 3.8) is 0 Å². The highest BCUT2D eigenvalue weighted by molar-refractivity contribution is 6.02. The highest BCUT2D eigenvalue weighted by Crippen LogP contribution is 2.17. The third-order valence-corrected chi connectivity index (χ3v) is 3.52. The van der Waals surface area contributed by atoms with Crippen molar-refractivity contribution in [3.05, 3.63) is 28.7 Å². The van der Waals surface area contributed by atoms with Gasteiger partial charge in [0.15, 0.2) is 5.65 Å². The van der Waals surface area contributed by atoms with E-state index in [9.17, 15) is 14.7 Å². The van der Waals surface area contributed by atoms with Crippen LogP contribution in [0.15, 0.2) is 6.07 Å². The maximum Gasteiger partial charge on any atom is 0.326 e. The Labute approximate surface area is 128 Å². The first-order valence-electron chi connectivity index (χ1n) is 7.09. The van der Waals surface area contributed by atoms with Gasteiger partial charge in [0.25, 0.3) is 5.91 Å². The van der Waals surface area contributed by atoms with E-state index in [1.54, 1.807) is 25.3 Å². The summed E-state index contributed by atoms with van der Waals surface area (Å²) in [4.78, 5) is 28.1. The molecule has 22 heavy (non-hydrogen) atoms. The number of aryl methyl sites for hydroxylation is 3. The number of carbonyl (C=O) groups is 2. The van der Waals surface area contributed by atoms with E-state index in [1.807, 2.05) is 19.9 Å². The lowest BCUT2D eigenvalue weighted by molar-refractivity contribution is -0.140. The molecule has 0 saturated carbocycles. The molecule has 0 radical (unpaired) electrons. The summed E-state index contributed by atoms with van der Waals surface area (Å²) in [5, 5.41) is 16.1. The summed E-state index contributed by atoms with van der Waals surface area (Å²) >= 11 is 0. The first-order chi connectivity index (χ1) is 10.2. The Kier molecular flexibility index (Phi) is 4.16. The number of hydrogen-bond donors (Lipinski definition) is 2. The number of nitrogens with one attached hydrogen (secondary N) is 1. The highest BCUT2D eigenvalue weighted by atomic mass is 16.4. The fraction of sp³-hybridized carbons (Fsp3) is 0.467. The molecule has 0 fully saturated rings. The maximum absolute atomic E-state index is 12.5. The van der Waals surface area contributed by atoms with Crippen LogP contribution in [0, 0.1) is 26.7 Å². The van der Waals surface area contributed by atoms with Gasteiger partial charge in [-0.25, -0.2) is 14.3 Å². The zero-order valence-corrected chi connectivity index (χ0v) is 13.3. The van der Waals surface area contributed by atoms with Crippen LogP contribution in [-0.2, 0) is 4.79 Å². The molecule has 7 heteroatoms. The molecule has 1 atom stereocenters. The molecule has 0 aliphatic carbocycles. The monoisotopic (exact) mass is 304 g/mol. The van der Waals surface area contributed by atoms with Crippen LogP contribution in [0.4, 0.5) is 0 Å². The Bertz CT molecular complexity index is 749. The Balaban J connectivity index is 2.48. The Morgan fingerprint density at radius 2 is 1.91 bits per heavy atom. The van der Waals surface area contributed by atoms with Gasteiger partial charge in [-0.15, -0.1) is 0 Å². The zero-order chi connectivity index (χ0) is 16.6. The number of carbonyl (C=O) groups excluding carboxylic acids is 1. The summed E-state index contributed by atoms with van der Waals surface area (Å²) in [5.74, 6) is -1.75. The number of aromatic nitrogens is 3. The van der Waals surface area contributed by atoms with Gasteiger partial charge in [0, 0.05) is 11.4 Å². The molecule has 0 bridgehead atoms. The second-order valence-electron chi connectivity index (χ2n) is 5.77. The van der Waals surface area contributed by atoms with Crippen LogP contribution in [0.3, 0.4) is 0 Å². The van der Waals surface area contributed by atoms with Crippen molar-refractivity contribution >= 4 is 17.5 Å². The predicted molar refractivity (Wildman–Crippen MR) is 80.9 cm³/mol.